The first-order valence-electron chi connectivity index (χ1n) is 12.1. The van der Waals surface area contributed by atoms with Gasteiger partial charge in [0.05, 0.1) is 52.9 Å². The molecule has 35 heavy (non-hydrogen) atoms. The maximum absolute atomic E-state index is 11.6. The second kappa shape index (κ2) is 21.9. The molecule has 12 nitrogen and oxygen atoms in total. The molecule has 2 atom stereocenters. The molecule has 1 aliphatic rings. The summed E-state index contributed by atoms with van der Waals surface area (Å²) >= 11 is 0. The zero-order chi connectivity index (χ0) is 26.4. The molecule has 0 bridgehead atoms. The third kappa shape index (κ3) is 16.1. The van der Waals surface area contributed by atoms with E-state index in [2.05, 4.69) is 0 Å². The van der Waals surface area contributed by atoms with Crippen molar-refractivity contribution in [1.82, 2.24) is 0 Å². The standard InChI is InChI=1S/C17H32O10.C6H14N2/c1-22-7-9-26-13-11-24-5-3-17(15(18)19,16(20)21)4-6-25-12-14-27-10-8-23-2;7-5-3-1-2-4-6(5)8/h3-14H2,1-2H3,(H,18,19)(H,20,21);5-6H,1-4,7-8H2/t;5-,6+. The molecule has 1 rings (SSSR count). The monoisotopic (exact) mass is 510 g/mol. The molecule has 0 unspecified atom stereocenters. The van der Waals surface area contributed by atoms with E-state index in [4.69, 9.17) is 39.9 Å². The topological polar surface area (TPSA) is 182 Å². The van der Waals surface area contributed by atoms with Crippen molar-refractivity contribution in [3.8, 4) is 0 Å². The molecule has 0 aromatic rings. The van der Waals surface area contributed by atoms with Crippen molar-refractivity contribution < 1.29 is 48.2 Å². The molecular formula is C23H46N2O10. The van der Waals surface area contributed by atoms with Gasteiger partial charge >= 0.3 is 11.9 Å². The zero-order valence-electron chi connectivity index (χ0n) is 21.3. The molecule has 0 aromatic carbocycles. The number of carboxylic acid groups (broad SMARTS) is 2. The number of aliphatic carboxylic acids is 2. The van der Waals surface area contributed by atoms with Gasteiger partial charge in [0.2, 0.25) is 0 Å². The van der Waals surface area contributed by atoms with Crippen molar-refractivity contribution in [2.24, 2.45) is 16.9 Å². The van der Waals surface area contributed by atoms with Gasteiger partial charge in [-0.15, -0.1) is 0 Å². The largest absolute Gasteiger partial charge is 0.480 e. The second-order valence-corrected chi connectivity index (χ2v) is 8.24. The van der Waals surface area contributed by atoms with Crippen molar-refractivity contribution >= 4 is 11.9 Å². The molecule has 0 aliphatic heterocycles. The Morgan fingerprint density at radius 3 is 1.26 bits per heavy atom. The highest BCUT2D eigenvalue weighted by Crippen LogP contribution is 2.28. The smallest absolute Gasteiger partial charge is 0.321 e. The van der Waals surface area contributed by atoms with E-state index in [0.29, 0.717) is 39.6 Å². The average Bonchev–Trinajstić information content (AvgIpc) is 2.83. The van der Waals surface area contributed by atoms with Gasteiger partial charge in [0.15, 0.2) is 5.41 Å². The summed E-state index contributed by atoms with van der Waals surface area (Å²) in [6, 6.07) is 0.562. The lowest BCUT2D eigenvalue weighted by Crippen LogP contribution is -2.43. The van der Waals surface area contributed by atoms with Crippen LogP contribution in [0.3, 0.4) is 0 Å². The van der Waals surface area contributed by atoms with Crippen molar-refractivity contribution in [2.45, 2.75) is 50.6 Å². The first-order valence-corrected chi connectivity index (χ1v) is 12.1. The Kier molecular flexibility index (Phi) is 21.0. The van der Waals surface area contributed by atoms with Gasteiger partial charge in [-0.2, -0.15) is 0 Å². The normalized spacial score (nSPS) is 18.1. The van der Waals surface area contributed by atoms with Gasteiger partial charge in [0.1, 0.15) is 0 Å². The minimum Gasteiger partial charge on any atom is -0.480 e. The molecule has 12 heteroatoms. The molecule has 0 aromatic heterocycles. The van der Waals surface area contributed by atoms with Gasteiger partial charge < -0.3 is 50.1 Å². The number of hydrogen-bond donors (Lipinski definition) is 4. The maximum atomic E-state index is 11.6. The van der Waals surface area contributed by atoms with Crippen LogP contribution in [0.4, 0.5) is 0 Å². The van der Waals surface area contributed by atoms with E-state index in [9.17, 15) is 19.8 Å². The number of nitrogens with two attached hydrogens (primary N) is 2. The van der Waals surface area contributed by atoms with E-state index >= 15 is 0 Å². The molecule has 6 N–H and O–H groups in total. The minimum atomic E-state index is -1.95. The lowest BCUT2D eigenvalue weighted by Gasteiger charge is -2.24. The highest BCUT2D eigenvalue weighted by molar-refractivity contribution is 5.98. The van der Waals surface area contributed by atoms with Crippen LogP contribution in [0.1, 0.15) is 38.5 Å². The molecule has 208 valence electrons. The van der Waals surface area contributed by atoms with E-state index in [1.165, 1.54) is 12.8 Å². The van der Waals surface area contributed by atoms with Gasteiger partial charge in [0, 0.05) is 39.5 Å². The number of carboxylic acids is 2. The molecule has 1 saturated carbocycles. The minimum absolute atomic E-state index is 0.00757. The lowest BCUT2D eigenvalue weighted by atomic mass is 9.81. The highest BCUT2D eigenvalue weighted by atomic mass is 16.5. The predicted octanol–water partition coefficient (Wildman–Crippen LogP) is 0.496. The average molecular weight is 511 g/mol. The Morgan fingerprint density at radius 2 is 0.971 bits per heavy atom. The van der Waals surface area contributed by atoms with Gasteiger partial charge in [-0.3, -0.25) is 9.59 Å². The van der Waals surface area contributed by atoms with Gasteiger partial charge in [-0.25, -0.2) is 0 Å². The molecule has 0 saturated heterocycles. The molecule has 0 heterocycles. The maximum Gasteiger partial charge on any atom is 0.321 e. The summed E-state index contributed by atoms with van der Waals surface area (Å²) < 4.78 is 30.6. The van der Waals surface area contributed by atoms with E-state index in [0.717, 1.165) is 12.8 Å². The third-order valence-corrected chi connectivity index (χ3v) is 5.65. The lowest BCUT2D eigenvalue weighted by molar-refractivity contribution is -0.168. The van der Waals surface area contributed by atoms with Crippen molar-refractivity contribution in [3.63, 3.8) is 0 Å². The summed E-state index contributed by atoms with van der Waals surface area (Å²) in [7, 11) is 3.13. The van der Waals surface area contributed by atoms with Crippen LogP contribution in [0.5, 0.6) is 0 Å². The quantitative estimate of drug-likeness (QED) is 0.132. The van der Waals surface area contributed by atoms with Crippen molar-refractivity contribution in [1.29, 1.82) is 0 Å². The first-order chi connectivity index (χ1) is 16.8. The number of methoxy groups -OCH3 is 2. The molecular weight excluding hydrogens is 464 g/mol. The zero-order valence-corrected chi connectivity index (χ0v) is 21.3. The van der Waals surface area contributed by atoms with E-state index < -0.39 is 17.4 Å². The molecule has 0 spiro atoms. The number of carbonyl (C=O) groups is 2. The molecule has 1 fully saturated rings. The Morgan fingerprint density at radius 1 is 0.657 bits per heavy atom. The summed E-state index contributed by atoms with van der Waals surface area (Å²) in [6.45, 7) is 2.92. The molecule has 0 radical (unpaired) electrons. The van der Waals surface area contributed by atoms with E-state index in [1.54, 1.807) is 14.2 Å². The van der Waals surface area contributed by atoms with Crippen LogP contribution >= 0.6 is 0 Å². The fraction of sp³-hybridized carbons (Fsp3) is 0.913. The fourth-order valence-electron chi connectivity index (χ4n) is 3.25. The second-order valence-electron chi connectivity index (χ2n) is 8.24. The van der Waals surface area contributed by atoms with Gasteiger partial charge in [0.25, 0.3) is 0 Å². The third-order valence-electron chi connectivity index (χ3n) is 5.65. The van der Waals surface area contributed by atoms with Crippen LogP contribution in [-0.4, -0.2) is 115 Å². The van der Waals surface area contributed by atoms with Gasteiger partial charge in [-0.05, 0) is 25.7 Å². The van der Waals surface area contributed by atoms with E-state index in [-0.39, 0.29) is 51.4 Å². The Bertz CT molecular complexity index is 492. The summed E-state index contributed by atoms with van der Waals surface area (Å²) in [6.07, 6.45) is 4.47. The Hall–Kier alpha value is -1.38. The Balaban J connectivity index is 0.00000121. The van der Waals surface area contributed by atoms with Crippen LogP contribution in [0, 0.1) is 5.41 Å². The van der Waals surface area contributed by atoms with Crippen LogP contribution in [0.15, 0.2) is 0 Å². The van der Waals surface area contributed by atoms with Crippen LogP contribution < -0.4 is 11.5 Å². The predicted molar refractivity (Wildman–Crippen MR) is 128 cm³/mol. The van der Waals surface area contributed by atoms with Crippen molar-refractivity contribution in [3.05, 3.63) is 0 Å². The molecule has 1 aliphatic carbocycles. The number of ether oxygens (including phenoxy) is 6. The van der Waals surface area contributed by atoms with Gasteiger partial charge in [-0.1, -0.05) is 12.8 Å². The fourth-order valence-corrected chi connectivity index (χ4v) is 3.25. The number of rotatable bonds is 20. The van der Waals surface area contributed by atoms with Crippen LogP contribution in [0.25, 0.3) is 0 Å². The van der Waals surface area contributed by atoms with Crippen LogP contribution in [0.2, 0.25) is 0 Å². The summed E-state index contributed by atoms with van der Waals surface area (Å²) in [4.78, 5) is 23.1. The van der Waals surface area contributed by atoms with Crippen LogP contribution in [-0.2, 0) is 38.0 Å². The molecule has 0 amide bonds. The van der Waals surface area contributed by atoms with Crippen molar-refractivity contribution in [2.75, 3.05) is 80.3 Å². The summed E-state index contributed by atoms with van der Waals surface area (Å²) in [5, 5.41) is 18.8. The Labute approximate surface area is 208 Å². The number of hydrogen-bond acceptors (Lipinski definition) is 10. The summed E-state index contributed by atoms with van der Waals surface area (Å²) in [5.74, 6) is -2.82. The van der Waals surface area contributed by atoms with E-state index in [1.807, 2.05) is 0 Å². The SMILES string of the molecule is COCCOCCOCCC(CCOCCOCCOC)(C(=O)O)C(=O)O.N[C@@H]1CCCC[C@@H]1N. The summed E-state index contributed by atoms with van der Waals surface area (Å²) in [5.41, 5.74) is 9.36. The first kappa shape index (κ1) is 33.6. The highest BCUT2D eigenvalue weighted by Gasteiger charge is 2.46.